The van der Waals surface area contributed by atoms with Gasteiger partial charge in [0.15, 0.2) is 0 Å². The van der Waals surface area contributed by atoms with Crippen LogP contribution in [0.3, 0.4) is 0 Å². The topological polar surface area (TPSA) is 50.4 Å². The molecule has 1 aliphatic carbocycles. The minimum Gasteiger partial charge on any atom is -0.374 e. The number of nitrogens with one attached hydrogen (secondary N) is 2. The Bertz CT molecular complexity index is 601. The minimum absolute atomic E-state index is 0.0191. The lowest BCUT2D eigenvalue weighted by molar-refractivity contribution is -0.0684. The van der Waals surface area contributed by atoms with Crippen molar-refractivity contribution in [1.29, 1.82) is 0 Å². The first-order valence-electron chi connectivity index (χ1n) is 9.08. The molecule has 1 spiro atoms. The molecule has 0 aromatic heterocycles. The molecule has 130 valence electrons. The number of hydrogen-bond acceptors (Lipinski definition) is 3. The van der Waals surface area contributed by atoms with E-state index in [1.54, 1.807) is 0 Å². The van der Waals surface area contributed by atoms with E-state index in [0.717, 1.165) is 51.0 Å². The van der Waals surface area contributed by atoms with Gasteiger partial charge in [-0.1, -0.05) is 24.3 Å². The number of rotatable bonds is 3. The Morgan fingerprint density at radius 3 is 3.12 bits per heavy atom. The lowest BCUT2D eigenvalue weighted by atomic mass is 9.90. The van der Waals surface area contributed by atoms with Gasteiger partial charge in [0.2, 0.25) is 0 Å². The summed E-state index contributed by atoms with van der Waals surface area (Å²) in [6.07, 6.45) is 5.27. The minimum atomic E-state index is -0.0212. The van der Waals surface area contributed by atoms with Crippen molar-refractivity contribution >= 4 is 17.8 Å². The number of benzene rings is 1. The van der Waals surface area contributed by atoms with Gasteiger partial charge in [0.1, 0.15) is 0 Å². The molecule has 2 amide bonds. The van der Waals surface area contributed by atoms with Crippen LogP contribution in [-0.2, 0) is 11.2 Å². The summed E-state index contributed by atoms with van der Waals surface area (Å²) >= 11 is 1.97. The SMILES string of the molecule is O=C(NC[C@@H]1CCc2ccccc21)N[C@@H]1CCO[C@@]2(CCSC2)C1. The molecule has 24 heavy (non-hydrogen) atoms. The molecule has 2 heterocycles. The van der Waals surface area contributed by atoms with Crippen molar-refractivity contribution in [1.82, 2.24) is 10.6 Å². The van der Waals surface area contributed by atoms with Crippen molar-refractivity contribution < 1.29 is 9.53 Å². The fourth-order valence-corrected chi connectivity index (χ4v) is 5.70. The van der Waals surface area contributed by atoms with Crippen LogP contribution in [-0.4, -0.2) is 42.3 Å². The maximum Gasteiger partial charge on any atom is 0.315 e. The van der Waals surface area contributed by atoms with Gasteiger partial charge in [0, 0.05) is 30.9 Å². The van der Waals surface area contributed by atoms with Gasteiger partial charge in [-0.2, -0.15) is 11.8 Å². The Labute approximate surface area is 148 Å². The quantitative estimate of drug-likeness (QED) is 0.884. The van der Waals surface area contributed by atoms with E-state index in [1.165, 1.54) is 16.9 Å². The molecule has 2 fully saturated rings. The normalized spacial score (nSPS) is 31.8. The van der Waals surface area contributed by atoms with E-state index in [2.05, 4.69) is 34.9 Å². The van der Waals surface area contributed by atoms with E-state index < -0.39 is 0 Å². The summed E-state index contributed by atoms with van der Waals surface area (Å²) in [6, 6.07) is 8.82. The molecule has 2 N–H and O–H groups in total. The molecular formula is C19H26N2O2S. The Balaban J connectivity index is 1.27. The van der Waals surface area contributed by atoms with Crippen molar-refractivity contribution in [3.8, 4) is 0 Å². The smallest absolute Gasteiger partial charge is 0.315 e. The third-order valence-corrected chi connectivity index (χ3v) is 6.88. The summed E-state index contributed by atoms with van der Waals surface area (Å²) in [4.78, 5) is 12.3. The predicted octanol–water partition coefficient (Wildman–Crippen LogP) is 3.07. The lowest BCUT2D eigenvalue weighted by Crippen LogP contribution is -2.51. The number of thioether (sulfide) groups is 1. The number of hydrogen-bond donors (Lipinski definition) is 2. The third kappa shape index (κ3) is 3.42. The predicted molar refractivity (Wildman–Crippen MR) is 97.7 cm³/mol. The van der Waals surface area contributed by atoms with Gasteiger partial charge in [-0.3, -0.25) is 0 Å². The van der Waals surface area contributed by atoms with E-state index in [4.69, 9.17) is 4.74 Å². The van der Waals surface area contributed by atoms with Gasteiger partial charge in [-0.05, 0) is 49.0 Å². The van der Waals surface area contributed by atoms with Crippen LogP contribution < -0.4 is 10.6 Å². The molecule has 0 radical (unpaired) electrons. The van der Waals surface area contributed by atoms with Gasteiger partial charge in [-0.15, -0.1) is 0 Å². The van der Waals surface area contributed by atoms with Crippen LogP contribution in [0.5, 0.6) is 0 Å². The number of aryl methyl sites for hydroxylation is 1. The van der Waals surface area contributed by atoms with E-state index in [0.29, 0.717) is 5.92 Å². The Morgan fingerprint density at radius 1 is 1.33 bits per heavy atom. The summed E-state index contributed by atoms with van der Waals surface area (Å²) in [7, 11) is 0. The number of carbonyl (C=O) groups is 1. The summed E-state index contributed by atoms with van der Waals surface area (Å²) in [5.74, 6) is 2.71. The Kier molecular flexibility index (Phi) is 4.72. The van der Waals surface area contributed by atoms with Gasteiger partial charge in [-0.25, -0.2) is 4.79 Å². The Morgan fingerprint density at radius 2 is 2.25 bits per heavy atom. The van der Waals surface area contributed by atoms with Gasteiger partial charge < -0.3 is 15.4 Å². The van der Waals surface area contributed by atoms with Crippen molar-refractivity contribution in [2.45, 2.75) is 49.7 Å². The molecule has 2 saturated heterocycles. The van der Waals surface area contributed by atoms with Crippen LogP contribution in [0.4, 0.5) is 4.79 Å². The lowest BCUT2D eigenvalue weighted by Gasteiger charge is -2.38. The molecule has 0 unspecified atom stereocenters. The number of fused-ring (bicyclic) bond motifs is 1. The van der Waals surface area contributed by atoms with E-state index in [9.17, 15) is 4.79 Å². The van der Waals surface area contributed by atoms with Gasteiger partial charge in [0.25, 0.3) is 0 Å². The molecular weight excluding hydrogens is 320 g/mol. The molecule has 0 saturated carbocycles. The largest absolute Gasteiger partial charge is 0.374 e. The molecule has 4 rings (SSSR count). The fourth-order valence-electron chi connectivity index (χ4n) is 4.32. The second-order valence-electron chi connectivity index (χ2n) is 7.31. The summed E-state index contributed by atoms with van der Waals surface area (Å²) in [6.45, 7) is 1.49. The molecule has 4 nitrogen and oxygen atoms in total. The van der Waals surface area contributed by atoms with Crippen molar-refractivity contribution in [3.63, 3.8) is 0 Å². The van der Waals surface area contributed by atoms with Crippen molar-refractivity contribution in [2.24, 2.45) is 0 Å². The van der Waals surface area contributed by atoms with Crippen LogP contribution in [0, 0.1) is 0 Å². The molecule has 1 aromatic rings. The zero-order valence-electron chi connectivity index (χ0n) is 14.1. The first-order chi connectivity index (χ1) is 11.7. The maximum atomic E-state index is 12.3. The molecule has 1 aromatic carbocycles. The summed E-state index contributed by atoms with van der Waals surface area (Å²) in [5.41, 5.74) is 2.87. The van der Waals surface area contributed by atoms with Crippen molar-refractivity contribution in [3.05, 3.63) is 35.4 Å². The number of carbonyl (C=O) groups excluding carboxylic acids is 1. The van der Waals surface area contributed by atoms with Crippen LogP contribution in [0.15, 0.2) is 24.3 Å². The second-order valence-corrected chi connectivity index (χ2v) is 8.42. The van der Waals surface area contributed by atoms with E-state index in [1.807, 2.05) is 11.8 Å². The van der Waals surface area contributed by atoms with Gasteiger partial charge >= 0.3 is 6.03 Å². The number of urea groups is 1. The second kappa shape index (κ2) is 6.96. The van der Waals surface area contributed by atoms with Crippen LogP contribution in [0.2, 0.25) is 0 Å². The highest BCUT2D eigenvalue weighted by atomic mass is 32.2. The van der Waals surface area contributed by atoms with E-state index >= 15 is 0 Å². The highest BCUT2D eigenvalue weighted by Crippen LogP contribution is 2.38. The van der Waals surface area contributed by atoms with E-state index in [-0.39, 0.29) is 17.7 Å². The van der Waals surface area contributed by atoms with Crippen LogP contribution >= 0.6 is 11.8 Å². The zero-order valence-corrected chi connectivity index (χ0v) is 14.9. The highest BCUT2D eigenvalue weighted by Gasteiger charge is 2.40. The average Bonchev–Trinajstić information content (AvgIpc) is 3.20. The monoisotopic (exact) mass is 346 g/mol. The summed E-state index contributed by atoms with van der Waals surface area (Å²) in [5, 5.41) is 6.27. The molecule has 2 aliphatic heterocycles. The molecule has 5 heteroatoms. The summed E-state index contributed by atoms with van der Waals surface area (Å²) < 4.78 is 6.03. The first-order valence-corrected chi connectivity index (χ1v) is 10.2. The van der Waals surface area contributed by atoms with Crippen molar-refractivity contribution in [2.75, 3.05) is 24.7 Å². The number of amides is 2. The average molecular weight is 346 g/mol. The number of ether oxygens (including phenoxy) is 1. The maximum absolute atomic E-state index is 12.3. The standard InChI is InChI=1S/C19H26N2O2S/c22-18(20-12-15-6-5-14-3-1-2-4-17(14)15)21-16-7-9-23-19(11-16)8-10-24-13-19/h1-4,15-16H,5-13H2,(H2,20,21,22)/t15-,16+,19-/m0/s1. The molecule has 3 atom stereocenters. The first kappa shape index (κ1) is 16.3. The molecule has 0 bridgehead atoms. The molecule has 3 aliphatic rings. The van der Waals surface area contributed by atoms with Crippen LogP contribution in [0.25, 0.3) is 0 Å². The fraction of sp³-hybridized carbons (Fsp3) is 0.632. The Hall–Kier alpha value is -1.20. The third-order valence-electron chi connectivity index (χ3n) is 5.66. The van der Waals surface area contributed by atoms with Gasteiger partial charge in [0.05, 0.1) is 5.60 Å². The highest BCUT2D eigenvalue weighted by molar-refractivity contribution is 7.99. The zero-order chi connectivity index (χ0) is 16.4. The van der Waals surface area contributed by atoms with Crippen LogP contribution in [0.1, 0.15) is 42.7 Å².